The van der Waals surface area contributed by atoms with Gasteiger partial charge in [0.1, 0.15) is 0 Å². The summed E-state index contributed by atoms with van der Waals surface area (Å²) < 4.78 is 5.56. The first kappa shape index (κ1) is 15.5. The second-order valence-corrected chi connectivity index (χ2v) is 5.62. The first-order chi connectivity index (χ1) is 10.0. The second kappa shape index (κ2) is 6.71. The van der Waals surface area contributed by atoms with Crippen LogP contribution in [0.3, 0.4) is 0 Å². The third kappa shape index (κ3) is 3.60. The Bertz CT molecular complexity index is 698. The van der Waals surface area contributed by atoms with Gasteiger partial charge in [-0.2, -0.15) is 0 Å². The number of methoxy groups -OCH3 is 1. The van der Waals surface area contributed by atoms with Gasteiger partial charge in [-0.1, -0.05) is 18.2 Å². The molecule has 0 atom stereocenters. The van der Waals surface area contributed by atoms with E-state index in [0.29, 0.717) is 16.8 Å². The van der Waals surface area contributed by atoms with Crippen molar-refractivity contribution in [2.75, 3.05) is 12.4 Å². The van der Waals surface area contributed by atoms with Crippen LogP contribution in [0, 0.1) is 10.5 Å². The minimum atomic E-state index is -0.431. The molecular weight excluding hydrogens is 381 g/mol. The van der Waals surface area contributed by atoms with E-state index in [0.717, 1.165) is 9.13 Å². The van der Waals surface area contributed by atoms with Gasteiger partial charge < -0.3 is 10.1 Å². The summed E-state index contributed by atoms with van der Waals surface area (Å²) in [6.45, 7) is 1.87. The lowest BCUT2D eigenvalue weighted by atomic mass is 10.1. The molecule has 1 N–H and O–H groups in total. The molecule has 0 unspecified atom stereocenters. The van der Waals surface area contributed by atoms with E-state index >= 15 is 0 Å². The lowest BCUT2D eigenvalue weighted by molar-refractivity contribution is 0.0600. The molecule has 2 rings (SSSR count). The van der Waals surface area contributed by atoms with Crippen molar-refractivity contribution < 1.29 is 14.3 Å². The summed E-state index contributed by atoms with van der Waals surface area (Å²) in [4.78, 5) is 23.9. The average Bonchev–Trinajstić information content (AvgIpc) is 2.49. The fourth-order valence-electron chi connectivity index (χ4n) is 1.84. The van der Waals surface area contributed by atoms with Crippen LogP contribution >= 0.6 is 22.6 Å². The molecule has 1 amide bonds. The number of benzene rings is 2. The zero-order chi connectivity index (χ0) is 15.4. The van der Waals surface area contributed by atoms with Gasteiger partial charge in [0.25, 0.3) is 5.91 Å². The van der Waals surface area contributed by atoms with Crippen LogP contribution < -0.4 is 5.32 Å². The van der Waals surface area contributed by atoms with Crippen molar-refractivity contribution in [2.24, 2.45) is 0 Å². The largest absolute Gasteiger partial charge is 0.465 e. The molecule has 2 aromatic rings. The number of carbonyl (C=O) groups excluding carboxylic acids is 2. The highest BCUT2D eigenvalue weighted by Gasteiger charge is 2.13. The maximum absolute atomic E-state index is 12.3. The van der Waals surface area contributed by atoms with Crippen molar-refractivity contribution in [3.63, 3.8) is 0 Å². The Kier molecular flexibility index (Phi) is 4.95. The predicted octanol–water partition coefficient (Wildman–Crippen LogP) is 3.64. The minimum Gasteiger partial charge on any atom is -0.465 e. The van der Waals surface area contributed by atoms with Crippen molar-refractivity contribution >= 4 is 40.2 Å². The molecule has 0 aliphatic carbocycles. The summed E-state index contributed by atoms with van der Waals surface area (Å²) in [5, 5.41) is 2.84. The van der Waals surface area contributed by atoms with Crippen LogP contribution in [0.25, 0.3) is 0 Å². The second-order valence-electron chi connectivity index (χ2n) is 4.46. The number of aryl methyl sites for hydroxylation is 1. The Balaban J connectivity index is 2.29. The van der Waals surface area contributed by atoms with E-state index in [1.54, 1.807) is 24.3 Å². The zero-order valence-electron chi connectivity index (χ0n) is 11.6. The van der Waals surface area contributed by atoms with Crippen LogP contribution in [-0.4, -0.2) is 19.0 Å². The molecule has 0 spiro atoms. The first-order valence-corrected chi connectivity index (χ1v) is 7.35. The number of carbonyl (C=O) groups is 2. The lowest BCUT2D eigenvalue weighted by Crippen LogP contribution is -2.15. The molecule has 0 saturated heterocycles. The molecule has 0 aliphatic rings. The molecular formula is C16H14INO3. The highest BCUT2D eigenvalue weighted by Crippen LogP contribution is 2.20. The maximum Gasteiger partial charge on any atom is 0.337 e. The zero-order valence-corrected chi connectivity index (χ0v) is 13.8. The Morgan fingerprint density at radius 3 is 2.52 bits per heavy atom. The highest BCUT2D eigenvalue weighted by atomic mass is 127. The molecule has 0 aromatic heterocycles. The number of hydrogen-bond donors (Lipinski definition) is 1. The van der Waals surface area contributed by atoms with Gasteiger partial charge in [-0.25, -0.2) is 4.79 Å². The Morgan fingerprint density at radius 2 is 1.86 bits per heavy atom. The topological polar surface area (TPSA) is 55.4 Å². The number of ether oxygens (including phenoxy) is 1. The standard InChI is InChI=1S/C16H14INO3/c1-10-7-8-11(16(20)21-2)9-14(10)18-15(19)12-5-3-4-6-13(12)17/h3-9H,1-2H3,(H,18,19). The number of anilines is 1. The number of nitrogens with one attached hydrogen (secondary N) is 1. The van der Waals surface area contributed by atoms with Gasteiger partial charge >= 0.3 is 5.97 Å². The van der Waals surface area contributed by atoms with Gasteiger partial charge in [-0.3, -0.25) is 4.79 Å². The molecule has 5 heteroatoms. The van der Waals surface area contributed by atoms with E-state index < -0.39 is 5.97 Å². The normalized spacial score (nSPS) is 10.0. The molecule has 108 valence electrons. The number of hydrogen-bond acceptors (Lipinski definition) is 3. The van der Waals surface area contributed by atoms with E-state index in [-0.39, 0.29) is 5.91 Å². The van der Waals surface area contributed by atoms with Crippen LogP contribution in [0.15, 0.2) is 42.5 Å². The van der Waals surface area contributed by atoms with Crippen molar-refractivity contribution in [1.82, 2.24) is 0 Å². The third-order valence-corrected chi connectivity index (χ3v) is 3.97. The Labute approximate surface area is 136 Å². The first-order valence-electron chi connectivity index (χ1n) is 6.27. The Hall–Kier alpha value is -1.89. The van der Waals surface area contributed by atoms with Crippen LogP contribution in [0.1, 0.15) is 26.3 Å². The SMILES string of the molecule is COC(=O)c1ccc(C)c(NC(=O)c2ccccc2I)c1. The van der Waals surface area contributed by atoms with Gasteiger partial charge in [0, 0.05) is 9.26 Å². The molecule has 0 radical (unpaired) electrons. The molecule has 0 heterocycles. The van der Waals surface area contributed by atoms with Gasteiger partial charge in [0.05, 0.1) is 18.2 Å². The number of esters is 1. The van der Waals surface area contributed by atoms with E-state index in [1.807, 2.05) is 25.1 Å². The molecule has 2 aromatic carbocycles. The van der Waals surface area contributed by atoms with E-state index in [9.17, 15) is 9.59 Å². The van der Waals surface area contributed by atoms with Gasteiger partial charge in [0.2, 0.25) is 0 Å². The molecule has 0 saturated carbocycles. The van der Waals surface area contributed by atoms with Crippen LogP contribution in [0.4, 0.5) is 5.69 Å². The summed E-state index contributed by atoms with van der Waals surface area (Å²) in [6.07, 6.45) is 0. The molecule has 4 nitrogen and oxygen atoms in total. The smallest absolute Gasteiger partial charge is 0.337 e. The van der Waals surface area contributed by atoms with Crippen LogP contribution in [0.5, 0.6) is 0 Å². The lowest BCUT2D eigenvalue weighted by Gasteiger charge is -2.11. The monoisotopic (exact) mass is 395 g/mol. The quantitative estimate of drug-likeness (QED) is 0.638. The van der Waals surface area contributed by atoms with Crippen molar-refractivity contribution in [3.05, 3.63) is 62.7 Å². The minimum absolute atomic E-state index is 0.204. The van der Waals surface area contributed by atoms with Crippen LogP contribution in [-0.2, 0) is 4.74 Å². The molecule has 21 heavy (non-hydrogen) atoms. The summed E-state index contributed by atoms with van der Waals surface area (Å²) in [5.41, 5.74) is 2.48. The van der Waals surface area contributed by atoms with Gasteiger partial charge in [-0.05, 0) is 59.3 Å². The van der Waals surface area contributed by atoms with E-state index in [2.05, 4.69) is 32.6 Å². The maximum atomic E-state index is 12.3. The van der Waals surface area contributed by atoms with Gasteiger partial charge in [-0.15, -0.1) is 0 Å². The summed E-state index contributed by atoms with van der Waals surface area (Å²) in [7, 11) is 1.33. The van der Waals surface area contributed by atoms with Crippen molar-refractivity contribution in [1.29, 1.82) is 0 Å². The summed E-state index contributed by atoms with van der Waals surface area (Å²) in [6, 6.07) is 12.4. The van der Waals surface area contributed by atoms with Gasteiger partial charge in [0.15, 0.2) is 0 Å². The van der Waals surface area contributed by atoms with E-state index in [4.69, 9.17) is 0 Å². The number of halogens is 1. The fraction of sp³-hybridized carbons (Fsp3) is 0.125. The number of rotatable bonds is 3. The number of amides is 1. The summed E-state index contributed by atoms with van der Waals surface area (Å²) in [5.74, 6) is -0.634. The molecule has 0 fully saturated rings. The Morgan fingerprint density at radius 1 is 1.14 bits per heavy atom. The molecule has 0 aliphatic heterocycles. The predicted molar refractivity (Wildman–Crippen MR) is 89.6 cm³/mol. The summed E-state index contributed by atoms with van der Waals surface area (Å²) >= 11 is 2.12. The molecule has 0 bridgehead atoms. The fourth-order valence-corrected chi connectivity index (χ4v) is 2.47. The highest BCUT2D eigenvalue weighted by molar-refractivity contribution is 14.1. The average molecular weight is 395 g/mol. The van der Waals surface area contributed by atoms with Crippen LogP contribution in [0.2, 0.25) is 0 Å². The van der Waals surface area contributed by atoms with Crippen molar-refractivity contribution in [2.45, 2.75) is 6.92 Å². The third-order valence-electron chi connectivity index (χ3n) is 3.03. The van der Waals surface area contributed by atoms with Crippen molar-refractivity contribution in [3.8, 4) is 0 Å². The van der Waals surface area contributed by atoms with E-state index in [1.165, 1.54) is 7.11 Å².